The van der Waals surface area contributed by atoms with Gasteiger partial charge in [0.2, 0.25) is 0 Å². The third-order valence-corrected chi connectivity index (χ3v) is 14.3. The number of aliphatic hydroxyl groups excluding tert-OH is 1. The predicted molar refractivity (Wildman–Crippen MR) is 225 cm³/mol. The van der Waals surface area contributed by atoms with E-state index in [0.717, 1.165) is 53.6 Å². The van der Waals surface area contributed by atoms with Crippen molar-refractivity contribution in [3.8, 4) is 11.3 Å². The Morgan fingerprint density at radius 2 is 1.50 bits per heavy atom. The molecule has 0 atom stereocenters. The van der Waals surface area contributed by atoms with Crippen molar-refractivity contribution in [1.82, 2.24) is 9.97 Å². The molecule has 6 aromatic rings. The minimum atomic E-state index is -0.337. The first-order valence-corrected chi connectivity index (χ1v) is 21.0. The van der Waals surface area contributed by atoms with Gasteiger partial charge in [0.05, 0.1) is 5.52 Å². The van der Waals surface area contributed by atoms with Crippen LogP contribution in [0.5, 0.6) is 0 Å². The van der Waals surface area contributed by atoms with Gasteiger partial charge >= 0.3 is 0 Å². The van der Waals surface area contributed by atoms with Gasteiger partial charge in [0.1, 0.15) is 12.1 Å². The zero-order chi connectivity index (χ0) is 37.5. The Kier molecular flexibility index (Phi) is 13.4. The molecule has 0 spiro atoms. The third kappa shape index (κ3) is 8.27. The van der Waals surface area contributed by atoms with Crippen LogP contribution in [0.3, 0.4) is 0 Å². The molecule has 0 saturated carbocycles. The van der Waals surface area contributed by atoms with Crippen molar-refractivity contribution < 1.29 is 30.0 Å². The Morgan fingerprint density at radius 1 is 0.885 bits per heavy atom. The average molecular weight is 932 g/mol. The fourth-order valence-corrected chi connectivity index (χ4v) is 9.94. The van der Waals surface area contributed by atoms with Crippen LogP contribution < -0.4 is 0 Å². The number of rotatable bonds is 10. The second kappa shape index (κ2) is 16.5. The molecule has 1 radical (unpaired) electrons. The van der Waals surface area contributed by atoms with Gasteiger partial charge in [-0.15, -0.1) is 46.3 Å². The van der Waals surface area contributed by atoms with Gasteiger partial charge in [-0.3, -0.25) is 9.78 Å². The molecule has 1 N–H and O–H groups in total. The number of aryl methyl sites for hydroxylation is 1. The van der Waals surface area contributed by atoms with Crippen molar-refractivity contribution in [2.75, 3.05) is 0 Å². The third-order valence-electron chi connectivity index (χ3n) is 11.1. The van der Waals surface area contributed by atoms with E-state index in [0.29, 0.717) is 5.92 Å². The summed E-state index contributed by atoms with van der Waals surface area (Å²) in [5, 5.41) is 16.1. The SMILES string of the molecule is CCC(C)(CC)C(=O)/C=C(\O)C(C)(CC)CC.Cc1sc2cc3c(cc2c1CC(C)C)sc1c(-c2[c-]c4ccsc4c(C(C)(C)C)c2)ncnc13.[Ir]. The van der Waals surface area contributed by atoms with Crippen LogP contribution in [0.2, 0.25) is 0 Å². The number of hydrogen-bond acceptors (Lipinski definition) is 7. The van der Waals surface area contributed by atoms with Crippen molar-refractivity contribution in [3.05, 3.63) is 69.9 Å². The van der Waals surface area contributed by atoms with Crippen LogP contribution in [0, 0.1) is 29.7 Å². The van der Waals surface area contributed by atoms with Crippen LogP contribution >= 0.6 is 34.0 Å². The number of allylic oxidation sites excluding steroid dienone is 2. The van der Waals surface area contributed by atoms with E-state index in [-0.39, 0.29) is 47.9 Å². The maximum absolute atomic E-state index is 12.2. The molecule has 4 heterocycles. The summed E-state index contributed by atoms with van der Waals surface area (Å²) in [6.45, 7) is 25.8. The van der Waals surface area contributed by atoms with E-state index in [1.807, 2.05) is 64.2 Å². The second-order valence-electron chi connectivity index (χ2n) is 16.0. The van der Waals surface area contributed by atoms with Crippen molar-refractivity contribution in [2.24, 2.45) is 16.7 Å². The number of carbonyl (C=O) groups is 1. The van der Waals surface area contributed by atoms with Crippen molar-refractivity contribution in [3.63, 3.8) is 0 Å². The van der Waals surface area contributed by atoms with Crippen LogP contribution in [-0.4, -0.2) is 20.9 Å². The number of fused-ring (bicyclic) bond motifs is 5. The smallest absolute Gasteiger partial charge is 0.164 e. The summed E-state index contributed by atoms with van der Waals surface area (Å²) in [5.74, 6) is 0.931. The van der Waals surface area contributed by atoms with Gasteiger partial charge in [-0.05, 0) is 83.5 Å². The molecule has 2 aromatic carbocycles. The molecule has 0 bridgehead atoms. The Labute approximate surface area is 336 Å². The Hall–Kier alpha value is -2.48. The topological polar surface area (TPSA) is 63.1 Å². The Bertz CT molecular complexity index is 2220. The first-order valence-electron chi connectivity index (χ1n) is 18.5. The van der Waals surface area contributed by atoms with Gasteiger partial charge in [-0.1, -0.05) is 87.3 Å². The summed E-state index contributed by atoms with van der Waals surface area (Å²) in [7, 11) is 0. The molecule has 52 heavy (non-hydrogen) atoms. The van der Waals surface area contributed by atoms with E-state index in [4.69, 9.17) is 9.97 Å². The van der Waals surface area contributed by atoms with Gasteiger partial charge in [0.25, 0.3) is 0 Å². The van der Waals surface area contributed by atoms with E-state index in [1.54, 1.807) is 17.7 Å². The number of thiophene rings is 3. The standard InChI is InChI=1S/C29H27N2S3.C15H28O2.Ir/c1-15(2)9-19-16(3)33-23-13-21-24(12-20(19)23)34-28-25(30-14-31-26(21)28)18-10-17-7-8-32-27(17)22(11-18)29(4,5)6;1-7-14(5,8-2)12(16)11-13(17)15(6,9-3)10-4;/h7-8,11-15H,9H2,1-6H3;11,16H,7-10H2,1-6H3;/q-1;;/b;12-11-;. The molecule has 0 aliphatic heterocycles. The molecule has 0 aliphatic rings. The quantitative estimate of drug-likeness (QED) is 0.0844. The van der Waals surface area contributed by atoms with Crippen molar-refractivity contribution in [1.29, 1.82) is 0 Å². The van der Waals surface area contributed by atoms with E-state index in [2.05, 4.69) is 77.3 Å². The number of nitrogens with zero attached hydrogens (tertiary/aromatic N) is 2. The summed E-state index contributed by atoms with van der Waals surface area (Å²) in [6.07, 6.45) is 7.60. The molecule has 0 fully saturated rings. The molecular formula is C44H55IrN2O2S3-. The molecule has 0 amide bonds. The molecule has 8 heteroatoms. The Balaban J connectivity index is 0.000000289. The average Bonchev–Trinajstić information content (AvgIpc) is 3.80. The molecule has 4 aromatic heterocycles. The van der Waals surface area contributed by atoms with Crippen LogP contribution in [0.4, 0.5) is 0 Å². The molecule has 0 saturated heterocycles. The maximum Gasteiger partial charge on any atom is 0.164 e. The first kappa shape index (κ1) is 42.3. The van der Waals surface area contributed by atoms with Crippen molar-refractivity contribution >= 4 is 80.3 Å². The zero-order valence-electron chi connectivity index (χ0n) is 33.0. The summed E-state index contributed by atoms with van der Waals surface area (Å²) in [5.41, 5.74) is 5.42. The summed E-state index contributed by atoms with van der Waals surface area (Å²) in [4.78, 5) is 23.2. The van der Waals surface area contributed by atoms with Gasteiger partial charge in [-0.2, -0.15) is 11.3 Å². The number of hydrogen-bond donors (Lipinski definition) is 1. The molecule has 281 valence electrons. The van der Waals surface area contributed by atoms with Gasteiger partial charge in [0, 0.05) is 67.1 Å². The second-order valence-corrected chi connectivity index (χ2v) is 19.2. The predicted octanol–water partition coefficient (Wildman–Crippen LogP) is 14.2. The minimum Gasteiger partial charge on any atom is -0.512 e. The van der Waals surface area contributed by atoms with Gasteiger partial charge in [-0.25, -0.2) is 4.98 Å². The Morgan fingerprint density at radius 3 is 2.10 bits per heavy atom. The summed E-state index contributed by atoms with van der Waals surface area (Å²) < 4.78 is 5.13. The molecule has 0 aliphatic carbocycles. The van der Waals surface area contributed by atoms with E-state index >= 15 is 0 Å². The van der Waals surface area contributed by atoms with Crippen LogP contribution in [0.1, 0.15) is 118 Å². The van der Waals surface area contributed by atoms with Crippen LogP contribution in [-0.2, 0) is 36.7 Å². The maximum atomic E-state index is 12.2. The zero-order valence-corrected chi connectivity index (χ0v) is 37.8. The van der Waals surface area contributed by atoms with E-state index in [9.17, 15) is 9.90 Å². The first-order chi connectivity index (χ1) is 24.0. The number of aromatic nitrogens is 2. The molecule has 4 nitrogen and oxygen atoms in total. The normalized spacial score (nSPS) is 12.9. The number of benzene rings is 2. The van der Waals surface area contributed by atoms with Gasteiger partial charge < -0.3 is 5.11 Å². The number of ketones is 1. The molecule has 6 rings (SSSR count). The van der Waals surface area contributed by atoms with E-state index < -0.39 is 0 Å². The van der Waals surface area contributed by atoms with Gasteiger partial charge in [0.15, 0.2) is 5.78 Å². The fraction of sp³-hybridized carbons (Fsp3) is 0.477. The number of carbonyl (C=O) groups excluding carboxylic acids is 1. The number of aliphatic hydroxyl groups is 1. The van der Waals surface area contributed by atoms with Crippen molar-refractivity contribution in [2.45, 2.75) is 121 Å². The monoisotopic (exact) mass is 932 g/mol. The fourth-order valence-electron chi connectivity index (χ4n) is 6.57. The van der Waals surface area contributed by atoms with Crippen LogP contribution in [0.25, 0.3) is 51.7 Å². The molecule has 0 unspecified atom stereocenters. The molecular weight excluding hydrogens is 877 g/mol. The largest absolute Gasteiger partial charge is 0.512 e. The van der Waals surface area contributed by atoms with Crippen LogP contribution in [0.15, 0.2) is 47.8 Å². The minimum absolute atomic E-state index is 0. The summed E-state index contributed by atoms with van der Waals surface area (Å²) >= 11 is 5.53. The van der Waals surface area contributed by atoms with E-state index in [1.165, 1.54) is 52.3 Å². The summed E-state index contributed by atoms with van der Waals surface area (Å²) in [6, 6.07) is 12.9.